The predicted molar refractivity (Wildman–Crippen MR) is 78.8 cm³/mol. The van der Waals surface area contributed by atoms with E-state index in [9.17, 15) is 0 Å². The van der Waals surface area contributed by atoms with E-state index in [1.54, 1.807) is 0 Å². The highest BCUT2D eigenvalue weighted by Crippen LogP contribution is 2.09. The monoisotopic (exact) mass is 257 g/mol. The molecule has 1 aromatic carbocycles. The Morgan fingerprint density at radius 2 is 1.94 bits per heavy atom. The van der Waals surface area contributed by atoms with Crippen molar-refractivity contribution in [3.63, 3.8) is 0 Å². The summed E-state index contributed by atoms with van der Waals surface area (Å²) in [5.41, 5.74) is 8.58. The fourth-order valence-corrected chi connectivity index (χ4v) is 1.77. The number of thiocarbonyl (C=S) groups is 1. The highest BCUT2D eigenvalue weighted by Gasteiger charge is 1.97. The lowest BCUT2D eigenvalue weighted by Crippen LogP contribution is -2.09. The fraction of sp³-hybridized carbons (Fsp3) is 0.143. The highest BCUT2D eigenvalue weighted by atomic mass is 32.1. The lowest BCUT2D eigenvalue weighted by atomic mass is 10.2. The van der Waals surface area contributed by atoms with E-state index in [1.165, 1.54) is 0 Å². The Balaban J connectivity index is 1.85. The molecule has 0 amide bonds. The number of rotatable bonds is 5. The van der Waals surface area contributed by atoms with Gasteiger partial charge >= 0.3 is 0 Å². The van der Waals surface area contributed by atoms with Crippen LogP contribution < -0.4 is 11.1 Å². The van der Waals surface area contributed by atoms with Crippen LogP contribution in [0.2, 0.25) is 0 Å². The van der Waals surface area contributed by atoms with Gasteiger partial charge in [0, 0.05) is 36.1 Å². The summed E-state index contributed by atoms with van der Waals surface area (Å²) in [6, 6.07) is 13.7. The number of pyridine rings is 1. The second kappa shape index (κ2) is 6.12. The summed E-state index contributed by atoms with van der Waals surface area (Å²) in [4.78, 5) is 4.70. The second-order valence-corrected chi connectivity index (χ2v) is 4.38. The molecule has 92 valence electrons. The molecule has 0 atom stereocenters. The smallest absolute Gasteiger partial charge is 0.103 e. The van der Waals surface area contributed by atoms with E-state index in [0.29, 0.717) is 4.99 Å². The Morgan fingerprint density at radius 3 is 2.56 bits per heavy atom. The maximum absolute atomic E-state index is 5.54. The Hall–Kier alpha value is -1.94. The minimum atomic E-state index is 0.426. The molecular weight excluding hydrogens is 242 g/mol. The first-order valence-electron chi connectivity index (χ1n) is 5.79. The molecule has 0 spiro atoms. The summed E-state index contributed by atoms with van der Waals surface area (Å²) in [5, 5.41) is 3.34. The zero-order chi connectivity index (χ0) is 12.8. The van der Waals surface area contributed by atoms with Crippen molar-refractivity contribution >= 4 is 22.9 Å². The Kier molecular flexibility index (Phi) is 4.25. The molecule has 2 rings (SSSR count). The molecule has 4 heteroatoms. The highest BCUT2D eigenvalue weighted by molar-refractivity contribution is 7.80. The number of hydrogen-bond donors (Lipinski definition) is 2. The van der Waals surface area contributed by atoms with Gasteiger partial charge in [-0.1, -0.05) is 18.3 Å². The number of aromatic nitrogens is 1. The van der Waals surface area contributed by atoms with E-state index in [4.69, 9.17) is 18.0 Å². The summed E-state index contributed by atoms with van der Waals surface area (Å²) in [6.45, 7) is 0.851. The van der Waals surface area contributed by atoms with E-state index in [2.05, 4.69) is 10.3 Å². The van der Waals surface area contributed by atoms with Crippen LogP contribution in [0, 0.1) is 0 Å². The Labute approximate surface area is 112 Å². The molecule has 0 bridgehead atoms. The number of benzene rings is 1. The standard InChI is InChI=1S/C14H15N3S/c15-14(18)11-4-6-13(7-5-11)17-10-8-12-3-1-2-9-16-12/h1-7,9,17H,8,10H2,(H2,15,18). The molecule has 18 heavy (non-hydrogen) atoms. The van der Waals surface area contributed by atoms with Gasteiger partial charge in [0.15, 0.2) is 0 Å². The van der Waals surface area contributed by atoms with Gasteiger partial charge in [-0.15, -0.1) is 0 Å². The molecule has 0 radical (unpaired) electrons. The Morgan fingerprint density at radius 1 is 1.17 bits per heavy atom. The number of nitrogens with two attached hydrogens (primary N) is 1. The van der Waals surface area contributed by atoms with Gasteiger partial charge in [0.1, 0.15) is 4.99 Å². The van der Waals surface area contributed by atoms with Crippen LogP contribution in [0.4, 0.5) is 5.69 Å². The van der Waals surface area contributed by atoms with Crippen molar-refractivity contribution < 1.29 is 0 Å². The third-order valence-corrected chi connectivity index (χ3v) is 2.84. The van der Waals surface area contributed by atoms with Gasteiger partial charge in [-0.25, -0.2) is 0 Å². The van der Waals surface area contributed by atoms with E-state index in [1.807, 2.05) is 48.7 Å². The van der Waals surface area contributed by atoms with Gasteiger partial charge < -0.3 is 11.1 Å². The minimum Gasteiger partial charge on any atom is -0.389 e. The van der Waals surface area contributed by atoms with Gasteiger partial charge in [-0.2, -0.15) is 0 Å². The third-order valence-electron chi connectivity index (χ3n) is 2.61. The molecular formula is C14H15N3S. The number of nitrogens with one attached hydrogen (secondary N) is 1. The van der Waals surface area contributed by atoms with Crippen molar-refractivity contribution in [1.82, 2.24) is 4.98 Å². The van der Waals surface area contributed by atoms with Crippen LogP contribution in [0.5, 0.6) is 0 Å². The quantitative estimate of drug-likeness (QED) is 0.807. The summed E-state index contributed by atoms with van der Waals surface area (Å²) >= 11 is 4.91. The second-order valence-electron chi connectivity index (χ2n) is 3.94. The van der Waals surface area contributed by atoms with Crippen molar-refractivity contribution in [3.8, 4) is 0 Å². The van der Waals surface area contributed by atoms with Gasteiger partial charge in [-0.05, 0) is 36.4 Å². The van der Waals surface area contributed by atoms with Gasteiger partial charge in [-0.3, -0.25) is 4.98 Å². The molecule has 0 fully saturated rings. The van der Waals surface area contributed by atoms with Crippen molar-refractivity contribution in [2.24, 2.45) is 5.73 Å². The molecule has 0 saturated heterocycles. The Bertz CT molecular complexity index is 508. The van der Waals surface area contributed by atoms with Gasteiger partial charge in [0.2, 0.25) is 0 Å². The first kappa shape index (κ1) is 12.5. The molecule has 0 aliphatic heterocycles. The van der Waals surface area contributed by atoms with E-state index >= 15 is 0 Å². The molecule has 2 aromatic rings. The van der Waals surface area contributed by atoms with Crippen LogP contribution in [-0.4, -0.2) is 16.5 Å². The minimum absolute atomic E-state index is 0.426. The van der Waals surface area contributed by atoms with Crippen molar-refractivity contribution in [3.05, 3.63) is 59.9 Å². The maximum Gasteiger partial charge on any atom is 0.103 e. The van der Waals surface area contributed by atoms with Crippen LogP contribution >= 0.6 is 12.2 Å². The van der Waals surface area contributed by atoms with Crippen LogP contribution in [0.25, 0.3) is 0 Å². The van der Waals surface area contributed by atoms with Crippen LogP contribution in [-0.2, 0) is 6.42 Å². The predicted octanol–water partition coefficient (Wildman–Crippen LogP) is 2.37. The van der Waals surface area contributed by atoms with Crippen molar-refractivity contribution in [2.75, 3.05) is 11.9 Å². The van der Waals surface area contributed by atoms with E-state index in [-0.39, 0.29) is 0 Å². The molecule has 3 nitrogen and oxygen atoms in total. The molecule has 0 aliphatic rings. The molecule has 0 unspecified atom stereocenters. The summed E-state index contributed by atoms with van der Waals surface area (Å²) in [6.07, 6.45) is 2.71. The number of nitrogens with zero attached hydrogens (tertiary/aromatic N) is 1. The van der Waals surface area contributed by atoms with Gasteiger partial charge in [0.05, 0.1) is 0 Å². The van der Waals surface area contributed by atoms with E-state index < -0.39 is 0 Å². The van der Waals surface area contributed by atoms with Crippen LogP contribution in [0.3, 0.4) is 0 Å². The molecule has 0 saturated carbocycles. The third kappa shape index (κ3) is 3.53. The molecule has 3 N–H and O–H groups in total. The molecule has 0 aliphatic carbocycles. The lowest BCUT2D eigenvalue weighted by molar-refractivity contribution is 0.961. The zero-order valence-corrected chi connectivity index (χ0v) is 10.8. The fourth-order valence-electron chi connectivity index (χ4n) is 1.63. The zero-order valence-electron chi connectivity index (χ0n) is 9.97. The van der Waals surface area contributed by atoms with E-state index in [0.717, 1.165) is 29.9 Å². The number of anilines is 1. The maximum atomic E-state index is 5.54. The van der Waals surface area contributed by atoms with Crippen LogP contribution in [0.15, 0.2) is 48.7 Å². The average Bonchev–Trinajstić information content (AvgIpc) is 2.40. The topological polar surface area (TPSA) is 50.9 Å². The average molecular weight is 257 g/mol. The summed E-state index contributed by atoms with van der Waals surface area (Å²) in [5.74, 6) is 0. The lowest BCUT2D eigenvalue weighted by Gasteiger charge is -2.06. The molecule has 1 aromatic heterocycles. The SMILES string of the molecule is NC(=S)c1ccc(NCCc2ccccn2)cc1. The summed E-state index contributed by atoms with van der Waals surface area (Å²) < 4.78 is 0. The largest absolute Gasteiger partial charge is 0.389 e. The van der Waals surface area contributed by atoms with Gasteiger partial charge in [0.25, 0.3) is 0 Å². The molecule has 1 heterocycles. The number of hydrogen-bond acceptors (Lipinski definition) is 3. The first-order valence-corrected chi connectivity index (χ1v) is 6.20. The van der Waals surface area contributed by atoms with Crippen molar-refractivity contribution in [1.29, 1.82) is 0 Å². The van der Waals surface area contributed by atoms with Crippen LogP contribution in [0.1, 0.15) is 11.3 Å². The van der Waals surface area contributed by atoms with Crippen molar-refractivity contribution in [2.45, 2.75) is 6.42 Å². The summed E-state index contributed by atoms with van der Waals surface area (Å²) in [7, 11) is 0. The normalized spacial score (nSPS) is 10.0. The first-order chi connectivity index (χ1) is 8.75.